The molecule has 4 rings (SSSR count). The number of imide groups is 1. The lowest BCUT2D eigenvalue weighted by Gasteiger charge is -2.16. The Balaban J connectivity index is 1.92. The van der Waals surface area contributed by atoms with Crippen LogP contribution < -0.4 is 4.90 Å². The van der Waals surface area contributed by atoms with Crippen molar-refractivity contribution in [3.8, 4) is 0 Å². The molecule has 0 spiro atoms. The Kier molecular flexibility index (Phi) is 2.80. The van der Waals surface area contributed by atoms with Crippen LogP contribution in [0.1, 0.15) is 20.7 Å². The van der Waals surface area contributed by atoms with Gasteiger partial charge in [0.05, 0.1) is 26.8 Å². The van der Waals surface area contributed by atoms with E-state index >= 15 is 0 Å². The van der Waals surface area contributed by atoms with Gasteiger partial charge in [-0.3, -0.25) is 19.6 Å². The first-order valence-electron chi connectivity index (χ1n) is 6.55. The molecule has 1 aliphatic heterocycles. The zero-order chi connectivity index (χ0) is 15.3. The minimum atomic E-state index is -0.329. The molecule has 0 aliphatic carbocycles. The maximum absolute atomic E-state index is 12.5. The Morgan fingerprint density at radius 3 is 2.18 bits per heavy atom. The Bertz CT molecular complexity index is 920. The predicted molar refractivity (Wildman–Crippen MR) is 84.8 cm³/mol. The van der Waals surface area contributed by atoms with Crippen molar-refractivity contribution in [1.82, 2.24) is 9.97 Å². The van der Waals surface area contributed by atoms with E-state index in [2.05, 4.69) is 25.9 Å². The molecule has 0 saturated heterocycles. The SMILES string of the molecule is O=C1c2ccccc2C(=O)N1c1ccc2nccnc2c1Br. The van der Waals surface area contributed by atoms with Crippen molar-refractivity contribution in [2.24, 2.45) is 0 Å². The topological polar surface area (TPSA) is 63.2 Å². The Hall–Kier alpha value is -2.60. The van der Waals surface area contributed by atoms with Crippen LogP contribution >= 0.6 is 15.9 Å². The molecule has 0 radical (unpaired) electrons. The van der Waals surface area contributed by atoms with Gasteiger partial charge in [-0.25, -0.2) is 4.90 Å². The van der Waals surface area contributed by atoms with Crippen LogP contribution in [0.5, 0.6) is 0 Å². The van der Waals surface area contributed by atoms with Crippen LogP contribution in [-0.4, -0.2) is 21.8 Å². The van der Waals surface area contributed by atoms with Crippen LogP contribution in [-0.2, 0) is 0 Å². The molecule has 2 heterocycles. The summed E-state index contributed by atoms with van der Waals surface area (Å²) in [4.78, 5) is 34.7. The second-order valence-electron chi connectivity index (χ2n) is 4.81. The molecule has 0 atom stereocenters. The highest BCUT2D eigenvalue weighted by Gasteiger charge is 2.37. The highest BCUT2D eigenvalue weighted by atomic mass is 79.9. The lowest BCUT2D eigenvalue weighted by Crippen LogP contribution is -2.29. The highest BCUT2D eigenvalue weighted by Crippen LogP contribution is 2.36. The number of carbonyl (C=O) groups excluding carboxylic acids is 2. The Labute approximate surface area is 133 Å². The molecular formula is C16H8BrN3O2. The number of nitrogens with zero attached hydrogens (tertiary/aromatic N) is 3. The van der Waals surface area contributed by atoms with Crippen molar-refractivity contribution in [2.75, 3.05) is 4.90 Å². The summed E-state index contributed by atoms with van der Waals surface area (Å²) in [5, 5.41) is 0. The summed E-state index contributed by atoms with van der Waals surface area (Å²) in [6.45, 7) is 0. The molecule has 1 aliphatic rings. The number of amides is 2. The second kappa shape index (κ2) is 4.71. The summed E-state index contributed by atoms with van der Waals surface area (Å²) in [6, 6.07) is 10.2. The maximum Gasteiger partial charge on any atom is 0.266 e. The van der Waals surface area contributed by atoms with Crippen LogP contribution in [0.4, 0.5) is 5.69 Å². The summed E-state index contributed by atoms with van der Waals surface area (Å²) >= 11 is 3.44. The highest BCUT2D eigenvalue weighted by molar-refractivity contribution is 9.10. The molecule has 2 amide bonds. The Morgan fingerprint density at radius 2 is 1.50 bits per heavy atom. The van der Waals surface area contributed by atoms with Gasteiger partial charge in [0.2, 0.25) is 0 Å². The van der Waals surface area contributed by atoms with Gasteiger partial charge in [-0.2, -0.15) is 0 Å². The zero-order valence-corrected chi connectivity index (χ0v) is 12.7. The third kappa shape index (κ3) is 1.70. The van der Waals surface area contributed by atoms with Crippen molar-refractivity contribution in [3.05, 3.63) is 64.4 Å². The van der Waals surface area contributed by atoms with Crippen molar-refractivity contribution < 1.29 is 9.59 Å². The quantitative estimate of drug-likeness (QED) is 0.630. The predicted octanol–water partition coefficient (Wildman–Crippen LogP) is 3.19. The lowest BCUT2D eigenvalue weighted by molar-refractivity contribution is 0.0926. The van der Waals surface area contributed by atoms with Gasteiger partial charge in [0.25, 0.3) is 11.8 Å². The van der Waals surface area contributed by atoms with Gasteiger partial charge in [-0.15, -0.1) is 0 Å². The first kappa shape index (κ1) is 13.1. The lowest BCUT2D eigenvalue weighted by atomic mass is 10.1. The van der Waals surface area contributed by atoms with E-state index in [1.54, 1.807) is 48.8 Å². The zero-order valence-electron chi connectivity index (χ0n) is 11.2. The molecule has 0 fully saturated rings. The molecule has 0 bridgehead atoms. The van der Waals surface area contributed by atoms with Crippen molar-refractivity contribution in [2.45, 2.75) is 0 Å². The van der Waals surface area contributed by atoms with E-state index in [0.717, 1.165) is 0 Å². The number of carbonyl (C=O) groups is 2. The Morgan fingerprint density at radius 1 is 0.864 bits per heavy atom. The van der Waals surface area contributed by atoms with Gasteiger partial charge in [0, 0.05) is 12.4 Å². The summed E-state index contributed by atoms with van der Waals surface area (Å²) < 4.78 is 0.576. The number of rotatable bonds is 1. The van der Waals surface area contributed by atoms with E-state index in [-0.39, 0.29) is 11.8 Å². The van der Waals surface area contributed by atoms with Gasteiger partial charge in [-0.05, 0) is 40.2 Å². The molecule has 3 aromatic rings. The minimum absolute atomic E-state index is 0.329. The number of hydrogen-bond donors (Lipinski definition) is 0. The average Bonchev–Trinajstić information content (AvgIpc) is 2.81. The van der Waals surface area contributed by atoms with E-state index in [0.29, 0.717) is 32.3 Å². The van der Waals surface area contributed by atoms with Gasteiger partial charge in [-0.1, -0.05) is 12.1 Å². The molecule has 2 aromatic carbocycles. The fraction of sp³-hybridized carbons (Fsp3) is 0. The summed E-state index contributed by atoms with van der Waals surface area (Å²) in [7, 11) is 0. The van der Waals surface area contributed by atoms with Crippen LogP contribution in [0.2, 0.25) is 0 Å². The minimum Gasteiger partial charge on any atom is -0.268 e. The van der Waals surface area contributed by atoms with E-state index in [4.69, 9.17) is 0 Å². The van der Waals surface area contributed by atoms with E-state index in [9.17, 15) is 9.59 Å². The number of aromatic nitrogens is 2. The van der Waals surface area contributed by atoms with Crippen LogP contribution in [0.15, 0.2) is 53.3 Å². The molecule has 1 aromatic heterocycles. The summed E-state index contributed by atoms with van der Waals surface area (Å²) in [6.07, 6.45) is 3.16. The fourth-order valence-corrected chi connectivity index (χ4v) is 3.19. The maximum atomic E-state index is 12.5. The molecule has 6 heteroatoms. The van der Waals surface area contributed by atoms with Crippen molar-refractivity contribution in [1.29, 1.82) is 0 Å². The molecule has 0 unspecified atom stereocenters. The van der Waals surface area contributed by atoms with E-state index in [1.165, 1.54) is 4.90 Å². The number of hydrogen-bond acceptors (Lipinski definition) is 4. The molecule has 0 N–H and O–H groups in total. The van der Waals surface area contributed by atoms with Crippen molar-refractivity contribution >= 4 is 44.5 Å². The first-order valence-corrected chi connectivity index (χ1v) is 7.35. The standard InChI is InChI=1S/C16H8BrN3O2/c17-13-12(6-5-11-14(13)19-8-7-18-11)20-15(21)9-3-1-2-4-10(9)16(20)22/h1-8H. The van der Waals surface area contributed by atoms with Gasteiger partial charge < -0.3 is 0 Å². The summed E-state index contributed by atoms with van der Waals surface area (Å²) in [5.41, 5.74) is 2.60. The monoisotopic (exact) mass is 353 g/mol. The summed E-state index contributed by atoms with van der Waals surface area (Å²) in [5.74, 6) is -0.658. The normalized spacial score (nSPS) is 13.8. The smallest absolute Gasteiger partial charge is 0.266 e. The second-order valence-corrected chi connectivity index (χ2v) is 5.61. The van der Waals surface area contributed by atoms with Gasteiger partial charge >= 0.3 is 0 Å². The number of benzene rings is 2. The molecule has 5 nitrogen and oxygen atoms in total. The molecule has 0 saturated carbocycles. The third-order valence-corrected chi connectivity index (χ3v) is 4.38. The van der Waals surface area contributed by atoms with Crippen LogP contribution in [0.3, 0.4) is 0 Å². The van der Waals surface area contributed by atoms with Gasteiger partial charge in [0.15, 0.2) is 0 Å². The van der Waals surface area contributed by atoms with Crippen LogP contribution in [0.25, 0.3) is 11.0 Å². The van der Waals surface area contributed by atoms with Crippen molar-refractivity contribution in [3.63, 3.8) is 0 Å². The first-order chi connectivity index (χ1) is 10.7. The number of halogens is 1. The average molecular weight is 354 g/mol. The fourth-order valence-electron chi connectivity index (χ4n) is 2.57. The molecule has 106 valence electrons. The molecule has 22 heavy (non-hydrogen) atoms. The third-order valence-electron chi connectivity index (χ3n) is 3.59. The number of anilines is 1. The number of fused-ring (bicyclic) bond motifs is 2. The molecular weight excluding hydrogens is 346 g/mol. The largest absolute Gasteiger partial charge is 0.268 e. The van der Waals surface area contributed by atoms with Gasteiger partial charge in [0.1, 0.15) is 5.52 Å². The van der Waals surface area contributed by atoms with Crippen LogP contribution in [0, 0.1) is 0 Å². The van der Waals surface area contributed by atoms with E-state index in [1.807, 2.05) is 0 Å². The van der Waals surface area contributed by atoms with E-state index < -0.39 is 0 Å².